The lowest BCUT2D eigenvalue weighted by Gasteiger charge is -2.20. The monoisotopic (exact) mass is 421 g/mol. The molecule has 1 heterocycles. The molecule has 3 rings (SSSR count). The lowest BCUT2D eigenvalue weighted by atomic mass is 10.0. The zero-order valence-electron chi connectivity index (χ0n) is 18.1. The van der Waals surface area contributed by atoms with E-state index >= 15 is 0 Å². The van der Waals surface area contributed by atoms with Crippen molar-refractivity contribution in [1.82, 2.24) is 4.90 Å². The predicted octanol–water partition coefficient (Wildman–Crippen LogP) is 4.57. The summed E-state index contributed by atoms with van der Waals surface area (Å²) in [4.78, 5) is 39.8. The van der Waals surface area contributed by atoms with Gasteiger partial charge in [0.25, 0.3) is 5.91 Å². The Morgan fingerprint density at radius 3 is 2.45 bits per heavy atom. The Morgan fingerprint density at radius 1 is 1.03 bits per heavy atom. The number of hydrogen-bond donors (Lipinski definition) is 0. The number of ether oxygens (including phenoxy) is 1. The number of fused-ring (bicyclic) bond motifs is 1. The van der Waals surface area contributed by atoms with Gasteiger partial charge in [0.05, 0.1) is 5.39 Å². The first kappa shape index (κ1) is 22.3. The Morgan fingerprint density at radius 2 is 1.77 bits per heavy atom. The fourth-order valence-corrected chi connectivity index (χ4v) is 3.44. The third-order valence-electron chi connectivity index (χ3n) is 5.24. The molecule has 0 bridgehead atoms. The van der Waals surface area contributed by atoms with Crippen LogP contribution in [0.4, 0.5) is 0 Å². The van der Waals surface area contributed by atoms with E-state index < -0.39 is 5.97 Å². The zero-order chi connectivity index (χ0) is 22.4. The first-order chi connectivity index (χ1) is 15.0. The maximum absolute atomic E-state index is 12.9. The molecule has 3 aromatic rings. The standard InChI is InChI=1S/C25H27NO5/c1-4-6-15-26(5-2)21(27)16-30-25(29)20-14-10-13-19-22(28)17(3)23(31-24(19)20)18-11-8-7-9-12-18/h7-14H,4-6,15-16H2,1-3H3. The molecule has 1 amide bonds. The largest absolute Gasteiger partial charge is 0.455 e. The smallest absolute Gasteiger partial charge is 0.342 e. The molecule has 0 unspecified atom stereocenters. The van der Waals surface area contributed by atoms with Crippen molar-refractivity contribution in [2.45, 2.75) is 33.6 Å². The van der Waals surface area contributed by atoms with Crippen molar-refractivity contribution in [2.24, 2.45) is 0 Å². The highest BCUT2D eigenvalue weighted by atomic mass is 16.5. The Balaban J connectivity index is 1.92. The quantitative estimate of drug-likeness (QED) is 0.498. The van der Waals surface area contributed by atoms with Crippen LogP contribution in [-0.2, 0) is 9.53 Å². The van der Waals surface area contributed by atoms with Gasteiger partial charge in [0, 0.05) is 24.2 Å². The summed E-state index contributed by atoms with van der Waals surface area (Å²) in [7, 11) is 0. The van der Waals surface area contributed by atoms with E-state index in [9.17, 15) is 14.4 Å². The molecule has 0 N–H and O–H groups in total. The number of carbonyl (C=O) groups excluding carboxylic acids is 2. The number of nitrogens with zero attached hydrogens (tertiary/aromatic N) is 1. The van der Waals surface area contributed by atoms with Crippen LogP contribution in [0, 0.1) is 6.92 Å². The van der Waals surface area contributed by atoms with Gasteiger partial charge < -0.3 is 14.1 Å². The van der Waals surface area contributed by atoms with Gasteiger partial charge in [0.15, 0.2) is 17.6 Å². The van der Waals surface area contributed by atoms with E-state index in [2.05, 4.69) is 6.92 Å². The summed E-state index contributed by atoms with van der Waals surface area (Å²) < 4.78 is 11.3. The average molecular weight is 421 g/mol. The van der Waals surface area contributed by atoms with E-state index in [4.69, 9.17) is 9.15 Å². The first-order valence-corrected chi connectivity index (χ1v) is 10.5. The summed E-state index contributed by atoms with van der Waals surface area (Å²) in [6.45, 7) is 6.48. The van der Waals surface area contributed by atoms with Gasteiger partial charge in [-0.25, -0.2) is 4.79 Å². The summed E-state index contributed by atoms with van der Waals surface area (Å²) in [5.41, 5.74) is 1.28. The number of likely N-dealkylation sites (N-methyl/N-ethyl adjacent to an activating group) is 1. The van der Waals surface area contributed by atoms with Crippen molar-refractivity contribution in [3.63, 3.8) is 0 Å². The predicted molar refractivity (Wildman–Crippen MR) is 120 cm³/mol. The third-order valence-corrected chi connectivity index (χ3v) is 5.24. The van der Waals surface area contributed by atoms with Crippen LogP contribution in [-0.4, -0.2) is 36.5 Å². The highest BCUT2D eigenvalue weighted by molar-refractivity contribution is 6.02. The minimum atomic E-state index is -0.698. The summed E-state index contributed by atoms with van der Waals surface area (Å²) in [6, 6.07) is 14.0. The topological polar surface area (TPSA) is 76.8 Å². The van der Waals surface area contributed by atoms with Crippen molar-refractivity contribution >= 4 is 22.8 Å². The van der Waals surface area contributed by atoms with Crippen molar-refractivity contribution in [2.75, 3.05) is 19.7 Å². The van der Waals surface area contributed by atoms with Crippen molar-refractivity contribution in [1.29, 1.82) is 0 Å². The molecule has 162 valence electrons. The van der Waals surface area contributed by atoms with E-state index in [1.54, 1.807) is 24.0 Å². The van der Waals surface area contributed by atoms with E-state index in [0.717, 1.165) is 18.4 Å². The molecule has 1 aromatic heterocycles. The Labute approximate surface area is 181 Å². The number of amides is 1. The lowest BCUT2D eigenvalue weighted by molar-refractivity contribution is -0.134. The maximum atomic E-state index is 12.9. The highest BCUT2D eigenvalue weighted by Crippen LogP contribution is 2.27. The van der Waals surface area contributed by atoms with Gasteiger partial charge in [0.1, 0.15) is 11.3 Å². The number of hydrogen-bond acceptors (Lipinski definition) is 5. The van der Waals surface area contributed by atoms with Crippen LogP contribution in [0.15, 0.2) is 57.7 Å². The molecule has 6 nitrogen and oxygen atoms in total. The van der Waals surface area contributed by atoms with Crippen LogP contribution < -0.4 is 5.43 Å². The van der Waals surface area contributed by atoms with E-state index in [1.165, 1.54) is 6.07 Å². The molecule has 31 heavy (non-hydrogen) atoms. The van der Waals surface area contributed by atoms with Gasteiger partial charge in [0.2, 0.25) is 0 Å². The average Bonchev–Trinajstić information content (AvgIpc) is 2.80. The number of para-hydroxylation sites is 1. The van der Waals surface area contributed by atoms with Crippen molar-refractivity contribution < 1.29 is 18.7 Å². The van der Waals surface area contributed by atoms with E-state index in [1.807, 2.05) is 37.3 Å². The van der Waals surface area contributed by atoms with Gasteiger partial charge in [-0.15, -0.1) is 0 Å². The number of carbonyl (C=O) groups is 2. The van der Waals surface area contributed by atoms with Crippen LogP contribution in [0.1, 0.15) is 42.6 Å². The number of benzene rings is 2. The highest BCUT2D eigenvalue weighted by Gasteiger charge is 2.21. The molecule has 0 saturated carbocycles. The van der Waals surface area contributed by atoms with E-state index in [-0.39, 0.29) is 29.1 Å². The lowest BCUT2D eigenvalue weighted by Crippen LogP contribution is -2.35. The second kappa shape index (κ2) is 10.1. The molecule has 0 aliphatic rings. The second-order valence-corrected chi connectivity index (χ2v) is 7.34. The van der Waals surface area contributed by atoms with Crippen LogP contribution in [0.2, 0.25) is 0 Å². The van der Waals surface area contributed by atoms with Crippen LogP contribution in [0.5, 0.6) is 0 Å². The fraction of sp³-hybridized carbons (Fsp3) is 0.320. The van der Waals surface area contributed by atoms with Gasteiger partial charge in [-0.05, 0) is 32.4 Å². The molecule has 0 saturated heterocycles. The summed E-state index contributed by atoms with van der Waals surface area (Å²) in [5, 5.41) is 0.302. The van der Waals surface area contributed by atoms with Crippen molar-refractivity contribution in [3.8, 4) is 11.3 Å². The molecular weight excluding hydrogens is 394 g/mol. The number of rotatable bonds is 8. The zero-order valence-corrected chi connectivity index (χ0v) is 18.1. The second-order valence-electron chi connectivity index (χ2n) is 7.34. The molecule has 0 atom stereocenters. The molecule has 0 fully saturated rings. The molecule has 0 spiro atoms. The SMILES string of the molecule is CCCCN(CC)C(=O)COC(=O)c1cccc2c(=O)c(C)c(-c3ccccc3)oc12. The Kier molecular flexibility index (Phi) is 7.23. The summed E-state index contributed by atoms with van der Waals surface area (Å²) in [6.07, 6.45) is 1.87. The summed E-state index contributed by atoms with van der Waals surface area (Å²) in [5.74, 6) is -0.533. The van der Waals surface area contributed by atoms with Crippen LogP contribution in [0.25, 0.3) is 22.3 Å². The Bertz CT molecular complexity index is 1130. The molecule has 0 aliphatic carbocycles. The normalized spacial score (nSPS) is 10.8. The van der Waals surface area contributed by atoms with Crippen LogP contribution in [0.3, 0.4) is 0 Å². The molecule has 6 heteroatoms. The molecule has 0 radical (unpaired) electrons. The van der Waals surface area contributed by atoms with Gasteiger partial charge in [-0.2, -0.15) is 0 Å². The first-order valence-electron chi connectivity index (χ1n) is 10.5. The van der Waals surface area contributed by atoms with Crippen LogP contribution >= 0.6 is 0 Å². The number of esters is 1. The minimum Gasteiger partial charge on any atom is -0.455 e. The fourth-order valence-electron chi connectivity index (χ4n) is 3.44. The van der Waals surface area contributed by atoms with Crippen molar-refractivity contribution in [3.05, 3.63) is 69.9 Å². The molecule has 2 aromatic carbocycles. The van der Waals surface area contributed by atoms with E-state index in [0.29, 0.717) is 29.8 Å². The third kappa shape index (κ3) is 4.85. The molecule has 0 aliphatic heterocycles. The van der Waals surface area contributed by atoms with Gasteiger partial charge >= 0.3 is 5.97 Å². The number of unbranched alkanes of at least 4 members (excludes halogenated alkanes) is 1. The minimum absolute atomic E-state index is 0.121. The Hall–Kier alpha value is -3.41. The van der Waals surface area contributed by atoms with Gasteiger partial charge in [-0.1, -0.05) is 49.7 Å². The summed E-state index contributed by atoms with van der Waals surface area (Å²) >= 11 is 0. The molecular formula is C25H27NO5. The van der Waals surface area contributed by atoms with Gasteiger partial charge in [-0.3, -0.25) is 9.59 Å². The maximum Gasteiger partial charge on any atom is 0.342 e.